The topological polar surface area (TPSA) is 15.7 Å². The van der Waals surface area contributed by atoms with Gasteiger partial charge in [0.1, 0.15) is 0 Å². The van der Waals surface area contributed by atoms with E-state index in [2.05, 4.69) is 37.9 Å². The lowest BCUT2D eigenvalue weighted by molar-refractivity contribution is -0.122. The van der Waals surface area contributed by atoms with Gasteiger partial charge in [-0.15, -0.1) is 0 Å². The SMILES string of the molecule is CN1CCOC2(CCN(I)CC2)C1. The molecule has 0 atom stereocenters. The van der Waals surface area contributed by atoms with Gasteiger partial charge in [-0.3, -0.25) is 0 Å². The summed E-state index contributed by atoms with van der Waals surface area (Å²) in [6, 6.07) is 0. The fourth-order valence-corrected chi connectivity index (χ4v) is 2.71. The van der Waals surface area contributed by atoms with Gasteiger partial charge in [0.2, 0.25) is 0 Å². The number of ether oxygens (including phenoxy) is 1. The van der Waals surface area contributed by atoms with Crippen LogP contribution in [0.5, 0.6) is 0 Å². The van der Waals surface area contributed by atoms with E-state index in [-0.39, 0.29) is 5.60 Å². The van der Waals surface area contributed by atoms with Crippen molar-refractivity contribution in [1.29, 1.82) is 0 Å². The Morgan fingerprint density at radius 1 is 1.23 bits per heavy atom. The molecule has 2 fully saturated rings. The van der Waals surface area contributed by atoms with Crippen LogP contribution in [0.3, 0.4) is 0 Å². The van der Waals surface area contributed by atoms with E-state index >= 15 is 0 Å². The molecule has 13 heavy (non-hydrogen) atoms. The molecule has 2 rings (SSSR count). The fourth-order valence-electron chi connectivity index (χ4n) is 2.22. The predicted octanol–water partition coefficient (Wildman–Crippen LogP) is 1.13. The van der Waals surface area contributed by atoms with Crippen LogP contribution in [-0.2, 0) is 4.74 Å². The second kappa shape index (κ2) is 4.00. The van der Waals surface area contributed by atoms with Crippen molar-refractivity contribution in [2.45, 2.75) is 18.4 Å². The van der Waals surface area contributed by atoms with Crippen LogP contribution in [0.25, 0.3) is 0 Å². The standard InChI is InChI=1S/C9H17IN2O/c1-11-6-7-13-9(8-11)2-4-12(10)5-3-9/h2-8H2,1H3. The highest BCUT2D eigenvalue weighted by Crippen LogP contribution is 2.30. The van der Waals surface area contributed by atoms with Gasteiger partial charge in [0.05, 0.1) is 12.2 Å². The van der Waals surface area contributed by atoms with Gasteiger partial charge >= 0.3 is 0 Å². The van der Waals surface area contributed by atoms with Gasteiger partial charge in [0, 0.05) is 49.0 Å². The molecule has 4 heteroatoms. The molecule has 0 bridgehead atoms. The number of likely N-dealkylation sites (N-methyl/N-ethyl adjacent to an activating group) is 1. The Labute approximate surface area is 93.9 Å². The molecule has 1 spiro atoms. The lowest BCUT2D eigenvalue weighted by Crippen LogP contribution is -2.54. The third-order valence-corrected chi connectivity index (χ3v) is 4.02. The lowest BCUT2D eigenvalue weighted by Gasteiger charge is -2.45. The van der Waals surface area contributed by atoms with Crippen molar-refractivity contribution in [2.24, 2.45) is 0 Å². The molecular formula is C9H17IN2O. The minimum absolute atomic E-state index is 0.189. The van der Waals surface area contributed by atoms with E-state index < -0.39 is 0 Å². The molecule has 0 saturated carbocycles. The Kier molecular flexibility index (Phi) is 3.12. The minimum atomic E-state index is 0.189. The Bertz CT molecular complexity index is 180. The molecule has 0 unspecified atom stereocenters. The molecule has 2 aliphatic heterocycles. The number of hydrogen-bond acceptors (Lipinski definition) is 3. The van der Waals surface area contributed by atoms with Gasteiger partial charge in [-0.05, 0) is 19.9 Å². The molecule has 2 aliphatic rings. The maximum absolute atomic E-state index is 5.95. The lowest BCUT2D eigenvalue weighted by atomic mass is 9.90. The van der Waals surface area contributed by atoms with E-state index in [9.17, 15) is 0 Å². The molecule has 0 aliphatic carbocycles. The number of rotatable bonds is 0. The molecule has 3 nitrogen and oxygen atoms in total. The maximum Gasteiger partial charge on any atom is 0.0834 e. The van der Waals surface area contributed by atoms with Crippen LogP contribution < -0.4 is 0 Å². The van der Waals surface area contributed by atoms with Crippen LogP contribution in [0.2, 0.25) is 0 Å². The van der Waals surface area contributed by atoms with Crippen LogP contribution in [0.4, 0.5) is 0 Å². The Morgan fingerprint density at radius 2 is 1.92 bits per heavy atom. The number of nitrogens with zero attached hydrogens (tertiary/aromatic N) is 2. The molecule has 0 aromatic heterocycles. The largest absolute Gasteiger partial charge is 0.372 e. The van der Waals surface area contributed by atoms with Gasteiger partial charge in [-0.25, -0.2) is 3.11 Å². The number of morpholine rings is 1. The molecule has 0 N–H and O–H groups in total. The van der Waals surface area contributed by atoms with Gasteiger partial charge < -0.3 is 9.64 Å². The first-order chi connectivity index (χ1) is 6.20. The van der Waals surface area contributed by atoms with Gasteiger partial charge in [0.25, 0.3) is 0 Å². The van der Waals surface area contributed by atoms with Crippen molar-refractivity contribution in [1.82, 2.24) is 8.01 Å². The Balaban J connectivity index is 1.95. The van der Waals surface area contributed by atoms with E-state index in [1.165, 1.54) is 25.9 Å². The molecule has 0 amide bonds. The summed E-state index contributed by atoms with van der Waals surface area (Å²) < 4.78 is 8.32. The fraction of sp³-hybridized carbons (Fsp3) is 1.00. The highest BCUT2D eigenvalue weighted by Gasteiger charge is 2.38. The molecule has 0 aromatic rings. The smallest absolute Gasteiger partial charge is 0.0834 e. The van der Waals surface area contributed by atoms with Gasteiger partial charge in [0.15, 0.2) is 0 Å². The average molecular weight is 296 g/mol. The molecule has 0 aromatic carbocycles. The number of halogens is 1. The van der Waals surface area contributed by atoms with Crippen LogP contribution in [0, 0.1) is 0 Å². The summed E-state index contributed by atoms with van der Waals surface area (Å²) in [7, 11) is 2.20. The highest BCUT2D eigenvalue weighted by atomic mass is 127. The zero-order chi connectivity index (χ0) is 9.31. The molecule has 2 heterocycles. The average Bonchev–Trinajstić information content (AvgIpc) is 2.11. The van der Waals surface area contributed by atoms with Gasteiger partial charge in [-0.1, -0.05) is 0 Å². The van der Waals surface area contributed by atoms with Gasteiger partial charge in [-0.2, -0.15) is 0 Å². The highest BCUT2D eigenvalue weighted by molar-refractivity contribution is 14.1. The van der Waals surface area contributed by atoms with E-state index in [1.807, 2.05) is 0 Å². The predicted molar refractivity (Wildman–Crippen MR) is 61.0 cm³/mol. The van der Waals surface area contributed by atoms with E-state index in [1.54, 1.807) is 0 Å². The van der Waals surface area contributed by atoms with Crippen LogP contribution in [0.1, 0.15) is 12.8 Å². The van der Waals surface area contributed by atoms with Crippen molar-refractivity contribution in [3.05, 3.63) is 0 Å². The second-order valence-corrected chi connectivity index (χ2v) is 5.54. The second-order valence-electron chi connectivity index (χ2n) is 4.18. The molecule has 2 saturated heterocycles. The first-order valence-corrected chi connectivity index (χ1v) is 5.90. The number of piperidine rings is 1. The van der Waals surface area contributed by atoms with Crippen molar-refractivity contribution >= 4 is 22.9 Å². The molecule has 76 valence electrons. The first-order valence-electron chi connectivity index (χ1n) is 4.93. The summed E-state index contributed by atoms with van der Waals surface area (Å²) >= 11 is 2.41. The first kappa shape index (κ1) is 10.1. The maximum atomic E-state index is 5.95. The summed E-state index contributed by atoms with van der Waals surface area (Å²) in [5.74, 6) is 0. The normalized spacial score (nSPS) is 30.9. The van der Waals surface area contributed by atoms with Crippen LogP contribution in [0.15, 0.2) is 0 Å². The van der Waals surface area contributed by atoms with E-state index in [4.69, 9.17) is 4.74 Å². The minimum Gasteiger partial charge on any atom is -0.372 e. The summed E-state index contributed by atoms with van der Waals surface area (Å²) in [5.41, 5.74) is 0.189. The summed E-state index contributed by atoms with van der Waals surface area (Å²) in [6.07, 6.45) is 2.39. The Morgan fingerprint density at radius 3 is 2.54 bits per heavy atom. The van der Waals surface area contributed by atoms with E-state index in [0.29, 0.717) is 0 Å². The van der Waals surface area contributed by atoms with Crippen LogP contribution >= 0.6 is 22.9 Å². The summed E-state index contributed by atoms with van der Waals surface area (Å²) in [5, 5.41) is 0. The van der Waals surface area contributed by atoms with Crippen molar-refractivity contribution in [3.63, 3.8) is 0 Å². The van der Waals surface area contributed by atoms with Crippen molar-refractivity contribution < 1.29 is 4.74 Å². The molecular weight excluding hydrogens is 279 g/mol. The van der Waals surface area contributed by atoms with Crippen molar-refractivity contribution in [3.8, 4) is 0 Å². The monoisotopic (exact) mass is 296 g/mol. The quantitative estimate of drug-likeness (QED) is 0.492. The number of hydrogen-bond donors (Lipinski definition) is 0. The summed E-state index contributed by atoms with van der Waals surface area (Å²) in [6.45, 7) is 5.48. The van der Waals surface area contributed by atoms with Crippen molar-refractivity contribution in [2.75, 3.05) is 39.8 Å². The summed E-state index contributed by atoms with van der Waals surface area (Å²) in [4.78, 5) is 2.40. The zero-order valence-corrected chi connectivity index (χ0v) is 10.3. The zero-order valence-electron chi connectivity index (χ0n) is 8.13. The Hall–Kier alpha value is 0.610. The van der Waals surface area contributed by atoms with E-state index in [0.717, 1.165) is 19.7 Å². The van der Waals surface area contributed by atoms with Crippen LogP contribution in [-0.4, -0.2) is 53.4 Å². The third kappa shape index (κ3) is 2.34. The molecule has 0 radical (unpaired) electrons. The third-order valence-electron chi connectivity index (χ3n) is 3.06.